The number of hydrogen-bond acceptors (Lipinski definition) is 5. The van der Waals surface area contributed by atoms with Crippen LogP contribution in [0.4, 0.5) is 0 Å². The number of ether oxygens (including phenoxy) is 1. The van der Waals surface area contributed by atoms with Gasteiger partial charge in [0, 0.05) is 24.7 Å². The van der Waals surface area contributed by atoms with Crippen molar-refractivity contribution in [2.45, 2.75) is 13.2 Å². The van der Waals surface area contributed by atoms with E-state index in [4.69, 9.17) is 22.1 Å². The number of nitrogens with zero attached hydrogens (tertiary/aromatic N) is 2. The molecule has 0 saturated carbocycles. The van der Waals surface area contributed by atoms with Crippen LogP contribution in [0.2, 0.25) is 5.02 Å². The molecule has 2 heterocycles. The van der Waals surface area contributed by atoms with Gasteiger partial charge in [0.25, 0.3) is 0 Å². The van der Waals surface area contributed by atoms with Crippen molar-refractivity contribution in [1.82, 2.24) is 9.97 Å². The molecule has 17 heavy (non-hydrogen) atoms. The van der Waals surface area contributed by atoms with E-state index in [1.54, 1.807) is 19.4 Å². The first kappa shape index (κ1) is 12.4. The van der Waals surface area contributed by atoms with E-state index in [2.05, 4.69) is 9.97 Å². The van der Waals surface area contributed by atoms with Crippen molar-refractivity contribution in [2.75, 3.05) is 7.11 Å². The third-order valence-corrected chi connectivity index (χ3v) is 3.56. The monoisotopic (exact) mass is 269 g/mol. The Labute approximate surface area is 108 Å². The number of aromatic nitrogens is 2. The zero-order valence-electron chi connectivity index (χ0n) is 9.31. The van der Waals surface area contributed by atoms with Gasteiger partial charge in [-0.1, -0.05) is 11.6 Å². The number of methoxy groups -OCH3 is 1. The van der Waals surface area contributed by atoms with Crippen molar-refractivity contribution in [1.29, 1.82) is 0 Å². The van der Waals surface area contributed by atoms with Crippen LogP contribution in [0, 0.1) is 0 Å². The van der Waals surface area contributed by atoms with Gasteiger partial charge in [-0.15, -0.1) is 11.3 Å². The van der Waals surface area contributed by atoms with E-state index in [1.165, 1.54) is 11.3 Å². The van der Waals surface area contributed by atoms with Crippen LogP contribution >= 0.6 is 22.9 Å². The molecular weight excluding hydrogens is 258 g/mol. The third kappa shape index (κ3) is 2.81. The maximum atomic E-state index is 5.79. The molecule has 2 N–H and O–H groups in total. The SMILES string of the molecule is COCc1nc(-c2ccc(Cl)cn2)sc1CN. The first-order chi connectivity index (χ1) is 8.24. The van der Waals surface area contributed by atoms with Gasteiger partial charge in [0.05, 0.1) is 23.0 Å². The fraction of sp³-hybridized carbons (Fsp3) is 0.273. The van der Waals surface area contributed by atoms with Gasteiger partial charge in [-0.05, 0) is 12.1 Å². The lowest BCUT2D eigenvalue weighted by Gasteiger charge is -1.96. The summed E-state index contributed by atoms with van der Waals surface area (Å²) >= 11 is 7.33. The first-order valence-corrected chi connectivity index (χ1v) is 6.23. The molecule has 0 aliphatic heterocycles. The van der Waals surface area contributed by atoms with Crippen molar-refractivity contribution < 1.29 is 4.74 Å². The molecule has 0 aromatic carbocycles. The summed E-state index contributed by atoms with van der Waals surface area (Å²) < 4.78 is 5.09. The van der Waals surface area contributed by atoms with Crippen LogP contribution in [0.15, 0.2) is 18.3 Å². The Balaban J connectivity index is 2.35. The highest BCUT2D eigenvalue weighted by Crippen LogP contribution is 2.27. The Morgan fingerprint density at radius 1 is 1.47 bits per heavy atom. The van der Waals surface area contributed by atoms with Crippen LogP contribution in [0.1, 0.15) is 10.6 Å². The molecule has 0 spiro atoms. The van der Waals surface area contributed by atoms with Crippen molar-refractivity contribution in [3.63, 3.8) is 0 Å². The molecule has 2 aromatic rings. The minimum absolute atomic E-state index is 0.462. The summed E-state index contributed by atoms with van der Waals surface area (Å²) in [4.78, 5) is 9.74. The van der Waals surface area contributed by atoms with Gasteiger partial charge in [-0.3, -0.25) is 4.98 Å². The minimum Gasteiger partial charge on any atom is -0.378 e. The van der Waals surface area contributed by atoms with Crippen LogP contribution in [0.25, 0.3) is 10.7 Å². The van der Waals surface area contributed by atoms with E-state index in [0.717, 1.165) is 21.3 Å². The fourth-order valence-electron chi connectivity index (χ4n) is 1.40. The van der Waals surface area contributed by atoms with E-state index in [-0.39, 0.29) is 0 Å². The van der Waals surface area contributed by atoms with Gasteiger partial charge in [-0.25, -0.2) is 4.98 Å². The average Bonchev–Trinajstić information content (AvgIpc) is 2.74. The summed E-state index contributed by atoms with van der Waals surface area (Å²) in [6.45, 7) is 0.931. The van der Waals surface area contributed by atoms with Crippen molar-refractivity contribution in [2.24, 2.45) is 5.73 Å². The van der Waals surface area contributed by atoms with Gasteiger partial charge in [-0.2, -0.15) is 0 Å². The summed E-state index contributed by atoms with van der Waals surface area (Å²) in [5.41, 5.74) is 7.35. The maximum absolute atomic E-state index is 5.79. The second-order valence-electron chi connectivity index (χ2n) is 3.39. The molecule has 6 heteroatoms. The number of halogens is 1. The topological polar surface area (TPSA) is 61.0 Å². The van der Waals surface area contributed by atoms with Gasteiger partial charge in [0.15, 0.2) is 0 Å². The Bertz CT molecular complexity index is 498. The van der Waals surface area contributed by atoms with Gasteiger partial charge >= 0.3 is 0 Å². The first-order valence-electron chi connectivity index (χ1n) is 5.04. The van der Waals surface area contributed by atoms with Crippen molar-refractivity contribution in [3.8, 4) is 10.7 Å². The Kier molecular flexibility index (Phi) is 4.06. The summed E-state index contributed by atoms with van der Waals surface area (Å²) in [6.07, 6.45) is 1.61. The summed E-state index contributed by atoms with van der Waals surface area (Å²) in [6, 6.07) is 3.64. The molecule has 0 unspecified atom stereocenters. The molecule has 4 nitrogen and oxygen atoms in total. The van der Waals surface area contributed by atoms with E-state index in [0.29, 0.717) is 18.2 Å². The molecule has 0 radical (unpaired) electrons. The van der Waals surface area contributed by atoms with E-state index >= 15 is 0 Å². The summed E-state index contributed by atoms with van der Waals surface area (Å²) in [5.74, 6) is 0. The Morgan fingerprint density at radius 2 is 2.29 bits per heavy atom. The quantitative estimate of drug-likeness (QED) is 0.926. The highest BCUT2D eigenvalue weighted by atomic mass is 35.5. The zero-order chi connectivity index (χ0) is 12.3. The molecule has 0 aliphatic rings. The second-order valence-corrected chi connectivity index (χ2v) is 4.91. The third-order valence-electron chi connectivity index (χ3n) is 2.19. The Morgan fingerprint density at radius 3 is 2.88 bits per heavy atom. The number of rotatable bonds is 4. The lowest BCUT2D eigenvalue weighted by Crippen LogP contribution is -1.99. The molecule has 0 atom stereocenters. The van der Waals surface area contributed by atoms with Gasteiger partial charge < -0.3 is 10.5 Å². The molecule has 0 bridgehead atoms. The molecule has 0 saturated heterocycles. The lowest BCUT2D eigenvalue weighted by molar-refractivity contribution is 0.181. The van der Waals surface area contributed by atoms with Crippen molar-refractivity contribution in [3.05, 3.63) is 33.9 Å². The molecule has 0 fully saturated rings. The molecular formula is C11H12ClN3OS. The van der Waals surface area contributed by atoms with E-state index in [1.807, 2.05) is 6.07 Å². The van der Waals surface area contributed by atoms with Gasteiger partial charge in [0.2, 0.25) is 0 Å². The molecule has 90 valence electrons. The molecule has 0 amide bonds. The number of thiazole rings is 1. The van der Waals surface area contributed by atoms with Crippen LogP contribution in [-0.4, -0.2) is 17.1 Å². The normalized spacial score (nSPS) is 10.8. The second kappa shape index (κ2) is 5.55. The fourth-order valence-corrected chi connectivity index (χ4v) is 2.44. The average molecular weight is 270 g/mol. The van der Waals surface area contributed by atoms with Crippen LogP contribution in [0.3, 0.4) is 0 Å². The maximum Gasteiger partial charge on any atom is 0.142 e. The number of pyridine rings is 1. The lowest BCUT2D eigenvalue weighted by atomic mass is 10.3. The van der Waals surface area contributed by atoms with Gasteiger partial charge in [0.1, 0.15) is 5.01 Å². The number of hydrogen-bond donors (Lipinski definition) is 1. The van der Waals surface area contributed by atoms with E-state index < -0.39 is 0 Å². The highest BCUT2D eigenvalue weighted by molar-refractivity contribution is 7.15. The summed E-state index contributed by atoms with van der Waals surface area (Å²) in [5, 5.41) is 1.45. The van der Waals surface area contributed by atoms with Crippen molar-refractivity contribution >= 4 is 22.9 Å². The number of nitrogens with two attached hydrogens (primary N) is 1. The largest absolute Gasteiger partial charge is 0.378 e. The smallest absolute Gasteiger partial charge is 0.142 e. The highest BCUT2D eigenvalue weighted by Gasteiger charge is 2.12. The minimum atomic E-state index is 0.462. The molecule has 0 aliphatic carbocycles. The van der Waals surface area contributed by atoms with Crippen LogP contribution in [0.5, 0.6) is 0 Å². The predicted molar refractivity (Wildman–Crippen MR) is 69.0 cm³/mol. The zero-order valence-corrected chi connectivity index (χ0v) is 10.9. The predicted octanol–water partition coefficient (Wildman–Crippen LogP) is 2.46. The molecule has 2 aromatic heterocycles. The van der Waals surface area contributed by atoms with Crippen LogP contribution < -0.4 is 5.73 Å². The summed E-state index contributed by atoms with van der Waals surface area (Å²) in [7, 11) is 1.64. The van der Waals surface area contributed by atoms with E-state index in [9.17, 15) is 0 Å². The Hall–Kier alpha value is -1.01. The van der Waals surface area contributed by atoms with Crippen LogP contribution in [-0.2, 0) is 17.9 Å². The molecule has 2 rings (SSSR count). The standard InChI is InChI=1S/C11H12ClN3OS/c1-16-6-9-10(4-13)17-11(15-9)8-3-2-7(12)5-14-8/h2-3,5H,4,6,13H2,1H3.